The summed E-state index contributed by atoms with van der Waals surface area (Å²) >= 11 is 0. The maximum Gasteiger partial charge on any atom is 0.261 e. The molecular formula is C16H19NO2. The van der Waals surface area contributed by atoms with E-state index in [0.717, 1.165) is 18.4 Å². The Kier molecular flexibility index (Phi) is 3.56. The van der Waals surface area contributed by atoms with Gasteiger partial charge in [-0.1, -0.05) is 19.4 Å². The molecule has 0 atom stereocenters. The second kappa shape index (κ2) is 5.00. The van der Waals surface area contributed by atoms with Crippen LogP contribution in [0.1, 0.15) is 38.3 Å². The SMILES string of the molecule is CCCc1cc(C)cc(N2C(=O)C(C)=C(C)C2=O)c1. The zero-order chi connectivity index (χ0) is 14.2. The summed E-state index contributed by atoms with van der Waals surface area (Å²) in [6.45, 7) is 7.52. The zero-order valence-electron chi connectivity index (χ0n) is 11.9. The number of hydrogen-bond donors (Lipinski definition) is 0. The van der Waals surface area contributed by atoms with Gasteiger partial charge in [0, 0.05) is 11.1 Å². The van der Waals surface area contributed by atoms with Crippen molar-refractivity contribution in [3.63, 3.8) is 0 Å². The maximum atomic E-state index is 12.2. The van der Waals surface area contributed by atoms with Gasteiger partial charge >= 0.3 is 0 Å². The van der Waals surface area contributed by atoms with Gasteiger partial charge in [0.15, 0.2) is 0 Å². The van der Waals surface area contributed by atoms with Crippen molar-refractivity contribution in [2.75, 3.05) is 4.90 Å². The fourth-order valence-corrected chi connectivity index (χ4v) is 2.39. The van der Waals surface area contributed by atoms with Crippen molar-refractivity contribution < 1.29 is 9.59 Å². The quantitative estimate of drug-likeness (QED) is 0.780. The lowest BCUT2D eigenvalue weighted by Gasteiger charge is -2.17. The number of rotatable bonds is 3. The molecule has 1 aromatic rings. The van der Waals surface area contributed by atoms with Gasteiger partial charge in [-0.15, -0.1) is 0 Å². The molecule has 0 saturated carbocycles. The molecule has 19 heavy (non-hydrogen) atoms. The van der Waals surface area contributed by atoms with Gasteiger partial charge in [-0.3, -0.25) is 9.59 Å². The van der Waals surface area contributed by atoms with Crippen LogP contribution in [-0.2, 0) is 16.0 Å². The van der Waals surface area contributed by atoms with Gasteiger partial charge in [0.25, 0.3) is 11.8 Å². The van der Waals surface area contributed by atoms with Gasteiger partial charge in [-0.25, -0.2) is 4.90 Å². The Labute approximate surface area is 113 Å². The van der Waals surface area contributed by atoms with Gasteiger partial charge in [0.05, 0.1) is 5.69 Å². The third kappa shape index (κ3) is 2.33. The summed E-state index contributed by atoms with van der Waals surface area (Å²) in [5.41, 5.74) is 4.02. The molecule has 2 rings (SSSR count). The topological polar surface area (TPSA) is 37.4 Å². The lowest BCUT2D eigenvalue weighted by atomic mass is 10.1. The molecular weight excluding hydrogens is 238 g/mol. The van der Waals surface area contributed by atoms with E-state index >= 15 is 0 Å². The first kappa shape index (κ1) is 13.5. The lowest BCUT2D eigenvalue weighted by Crippen LogP contribution is -2.31. The van der Waals surface area contributed by atoms with E-state index < -0.39 is 0 Å². The molecule has 3 heteroatoms. The van der Waals surface area contributed by atoms with E-state index in [0.29, 0.717) is 16.8 Å². The highest BCUT2D eigenvalue weighted by molar-refractivity contribution is 6.32. The Morgan fingerprint density at radius 3 is 2.05 bits per heavy atom. The normalized spacial score (nSPS) is 15.7. The molecule has 0 radical (unpaired) electrons. The van der Waals surface area contributed by atoms with Crippen LogP contribution in [-0.4, -0.2) is 11.8 Å². The maximum absolute atomic E-state index is 12.2. The molecule has 1 heterocycles. The molecule has 0 aromatic heterocycles. The Morgan fingerprint density at radius 2 is 1.53 bits per heavy atom. The van der Waals surface area contributed by atoms with E-state index in [1.807, 2.05) is 19.1 Å². The minimum Gasteiger partial charge on any atom is -0.269 e. The minimum atomic E-state index is -0.199. The standard InChI is InChI=1S/C16H19NO2/c1-5-6-13-7-10(2)8-14(9-13)17-15(18)11(3)12(4)16(17)19/h7-9H,5-6H2,1-4H3. The van der Waals surface area contributed by atoms with Crippen molar-refractivity contribution in [2.45, 2.75) is 40.5 Å². The van der Waals surface area contributed by atoms with Crippen molar-refractivity contribution in [3.8, 4) is 0 Å². The Balaban J connectivity index is 2.44. The van der Waals surface area contributed by atoms with Gasteiger partial charge < -0.3 is 0 Å². The van der Waals surface area contributed by atoms with Gasteiger partial charge in [-0.05, 0) is 50.5 Å². The average molecular weight is 257 g/mol. The van der Waals surface area contributed by atoms with Crippen LogP contribution in [0.25, 0.3) is 0 Å². The third-order valence-corrected chi connectivity index (χ3v) is 3.53. The van der Waals surface area contributed by atoms with Crippen molar-refractivity contribution in [1.82, 2.24) is 0 Å². The molecule has 0 aliphatic carbocycles. The summed E-state index contributed by atoms with van der Waals surface area (Å²) in [6.07, 6.45) is 2.00. The van der Waals surface area contributed by atoms with E-state index in [1.54, 1.807) is 13.8 Å². The Morgan fingerprint density at radius 1 is 0.947 bits per heavy atom. The number of nitrogens with zero attached hydrogens (tertiary/aromatic N) is 1. The number of benzene rings is 1. The molecule has 100 valence electrons. The van der Waals surface area contributed by atoms with E-state index in [-0.39, 0.29) is 11.8 Å². The number of anilines is 1. The van der Waals surface area contributed by atoms with Crippen molar-refractivity contribution in [2.24, 2.45) is 0 Å². The second-order valence-corrected chi connectivity index (χ2v) is 5.12. The summed E-state index contributed by atoms with van der Waals surface area (Å²) in [7, 11) is 0. The van der Waals surface area contributed by atoms with Gasteiger partial charge in [0.1, 0.15) is 0 Å². The summed E-state index contributed by atoms with van der Waals surface area (Å²) in [5.74, 6) is -0.397. The van der Waals surface area contributed by atoms with Crippen LogP contribution >= 0.6 is 0 Å². The summed E-state index contributed by atoms with van der Waals surface area (Å²) < 4.78 is 0. The predicted molar refractivity (Wildman–Crippen MR) is 76.0 cm³/mol. The fraction of sp³-hybridized carbons (Fsp3) is 0.375. The molecule has 3 nitrogen and oxygen atoms in total. The predicted octanol–water partition coefficient (Wildman–Crippen LogP) is 3.16. The van der Waals surface area contributed by atoms with Crippen LogP contribution in [0.15, 0.2) is 29.3 Å². The van der Waals surface area contributed by atoms with Crippen LogP contribution in [0.5, 0.6) is 0 Å². The average Bonchev–Trinajstić information content (AvgIpc) is 2.54. The van der Waals surface area contributed by atoms with Crippen molar-refractivity contribution in [3.05, 3.63) is 40.5 Å². The second-order valence-electron chi connectivity index (χ2n) is 5.12. The van der Waals surface area contributed by atoms with Crippen LogP contribution in [0.4, 0.5) is 5.69 Å². The number of carbonyl (C=O) groups excluding carboxylic acids is 2. The number of aryl methyl sites for hydroxylation is 2. The molecule has 0 unspecified atom stereocenters. The van der Waals surface area contributed by atoms with Crippen molar-refractivity contribution in [1.29, 1.82) is 0 Å². The molecule has 0 N–H and O–H groups in total. The van der Waals surface area contributed by atoms with E-state index in [1.165, 1.54) is 10.5 Å². The van der Waals surface area contributed by atoms with Crippen LogP contribution in [0.2, 0.25) is 0 Å². The highest BCUT2D eigenvalue weighted by Crippen LogP contribution is 2.28. The Hall–Kier alpha value is -1.90. The zero-order valence-corrected chi connectivity index (χ0v) is 11.9. The number of amides is 2. The first-order valence-electron chi connectivity index (χ1n) is 6.62. The van der Waals surface area contributed by atoms with E-state index in [9.17, 15) is 9.59 Å². The highest BCUT2D eigenvalue weighted by Gasteiger charge is 2.34. The highest BCUT2D eigenvalue weighted by atomic mass is 16.2. The molecule has 0 spiro atoms. The lowest BCUT2D eigenvalue weighted by molar-refractivity contribution is -0.120. The fourth-order valence-electron chi connectivity index (χ4n) is 2.39. The summed E-state index contributed by atoms with van der Waals surface area (Å²) in [5, 5.41) is 0. The number of imide groups is 1. The molecule has 0 fully saturated rings. The molecule has 2 amide bonds. The number of hydrogen-bond acceptors (Lipinski definition) is 2. The summed E-state index contributed by atoms with van der Waals surface area (Å²) in [4.78, 5) is 25.6. The summed E-state index contributed by atoms with van der Waals surface area (Å²) in [6, 6.07) is 5.93. The van der Waals surface area contributed by atoms with Gasteiger partial charge in [-0.2, -0.15) is 0 Å². The number of carbonyl (C=O) groups is 2. The minimum absolute atomic E-state index is 0.199. The first-order valence-corrected chi connectivity index (χ1v) is 6.62. The van der Waals surface area contributed by atoms with Gasteiger partial charge in [0.2, 0.25) is 0 Å². The molecule has 1 aliphatic heterocycles. The largest absolute Gasteiger partial charge is 0.269 e. The Bertz CT molecular complexity index is 560. The molecule has 0 bridgehead atoms. The van der Waals surface area contributed by atoms with Crippen LogP contribution < -0.4 is 4.90 Å². The van der Waals surface area contributed by atoms with Crippen LogP contribution in [0.3, 0.4) is 0 Å². The molecule has 1 aliphatic rings. The molecule has 1 aromatic carbocycles. The van der Waals surface area contributed by atoms with Crippen LogP contribution in [0, 0.1) is 6.92 Å². The van der Waals surface area contributed by atoms with Crippen molar-refractivity contribution >= 4 is 17.5 Å². The first-order chi connectivity index (χ1) is 8.95. The third-order valence-electron chi connectivity index (χ3n) is 3.53. The van der Waals surface area contributed by atoms with E-state index in [2.05, 4.69) is 13.0 Å². The smallest absolute Gasteiger partial charge is 0.261 e. The monoisotopic (exact) mass is 257 g/mol. The molecule has 0 saturated heterocycles. The van der Waals surface area contributed by atoms with E-state index in [4.69, 9.17) is 0 Å².